The molecule has 0 spiro atoms. The molecule has 0 saturated carbocycles. The first-order valence-corrected chi connectivity index (χ1v) is 12.4. The highest BCUT2D eigenvalue weighted by Crippen LogP contribution is 2.34. The maximum absolute atomic E-state index is 13.3. The molecule has 1 saturated heterocycles. The smallest absolute Gasteiger partial charge is 0.263 e. The Morgan fingerprint density at radius 1 is 1.37 bits per heavy atom. The Morgan fingerprint density at radius 3 is 2.80 bits per heavy atom. The van der Waals surface area contributed by atoms with Crippen LogP contribution in [0.1, 0.15) is 13.8 Å². The maximum atomic E-state index is 13.3. The summed E-state index contributed by atoms with van der Waals surface area (Å²) in [6.45, 7) is 9.26. The molecule has 1 aliphatic rings. The van der Waals surface area contributed by atoms with E-state index in [2.05, 4.69) is 6.58 Å². The number of aromatic nitrogens is 2. The summed E-state index contributed by atoms with van der Waals surface area (Å²) < 4.78 is 7.32. The SMILES string of the molecule is C=CCn1c(SCC(=O)N2CC(C)OC(C)C2)nc2scc(-c3cccs3)c2c1=O. The molecule has 0 aliphatic carbocycles. The van der Waals surface area contributed by atoms with Crippen LogP contribution in [0, 0.1) is 0 Å². The lowest BCUT2D eigenvalue weighted by molar-refractivity contribution is -0.140. The number of carbonyl (C=O) groups excluding carboxylic acids is 1. The van der Waals surface area contributed by atoms with Crippen LogP contribution in [-0.2, 0) is 16.1 Å². The molecule has 3 aromatic heterocycles. The van der Waals surface area contributed by atoms with Crippen LogP contribution in [0.5, 0.6) is 0 Å². The van der Waals surface area contributed by atoms with Crippen molar-refractivity contribution in [3.8, 4) is 10.4 Å². The molecule has 0 radical (unpaired) electrons. The van der Waals surface area contributed by atoms with Gasteiger partial charge in [-0.3, -0.25) is 14.2 Å². The molecule has 0 aromatic carbocycles. The molecule has 1 amide bonds. The molecule has 6 nitrogen and oxygen atoms in total. The number of carbonyl (C=O) groups is 1. The van der Waals surface area contributed by atoms with Crippen molar-refractivity contribution < 1.29 is 9.53 Å². The molecule has 4 rings (SSSR count). The van der Waals surface area contributed by atoms with Gasteiger partial charge in [0.2, 0.25) is 5.91 Å². The summed E-state index contributed by atoms with van der Waals surface area (Å²) in [6, 6.07) is 3.98. The third-order valence-corrected chi connectivity index (χ3v) is 7.59. The van der Waals surface area contributed by atoms with E-state index >= 15 is 0 Å². The van der Waals surface area contributed by atoms with E-state index in [-0.39, 0.29) is 29.4 Å². The number of amides is 1. The largest absolute Gasteiger partial charge is 0.372 e. The molecule has 3 aromatic rings. The zero-order chi connectivity index (χ0) is 21.3. The van der Waals surface area contributed by atoms with Crippen LogP contribution >= 0.6 is 34.4 Å². The van der Waals surface area contributed by atoms with Crippen LogP contribution in [-0.4, -0.2) is 51.4 Å². The molecule has 30 heavy (non-hydrogen) atoms. The lowest BCUT2D eigenvalue weighted by atomic mass is 10.2. The predicted molar refractivity (Wildman–Crippen MR) is 125 cm³/mol. The van der Waals surface area contributed by atoms with Crippen LogP contribution < -0.4 is 5.56 Å². The first kappa shape index (κ1) is 21.3. The molecular formula is C21H23N3O3S3. The van der Waals surface area contributed by atoms with Gasteiger partial charge in [0, 0.05) is 35.5 Å². The Hall–Kier alpha value is -1.94. The minimum Gasteiger partial charge on any atom is -0.372 e. The lowest BCUT2D eigenvalue weighted by Gasteiger charge is -2.35. The number of morpholine rings is 1. The maximum Gasteiger partial charge on any atom is 0.263 e. The number of nitrogens with zero attached hydrogens (tertiary/aromatic N) is 3. The second-order valence-electron chi connectivity index (χ2n) is 7.25. The summed E-state index contributed by atoms with van der Waals surface area (Å²) in [5.41, 5.74) is 0.831. The summed E-state index contributed by atoms with van der Waals surface area (Å²) in [5.74, 6) is 0.268. The molecule has 4 heterocycles. The first-order chi connectivity index (χ1) is 14.5. The van der Waals surface area contributed by atoms with Gasteiger partial charge < -0.3 is 9.64 Å². The minimum atomic E-state index is -0.0897. The van der Waals surface area contributed by atoms with E-state index in [0.29, 0.717) is 35.0 Å². The van der Waals surface area contributed by atoms with E-state index < -0.39 is 0 Å². The van der Waals surface area contributed by atoms with Gasteiger partial charge >= 0.3 is 0 Å². The summed E-state index contributed by atoms with van der Waals surface area (Å²) in [7, 11) is 0. The number of rotatable bonds is 6. The Bertz CT molecular complexity index is 1110. The zero-order valence-corrected chi connectivity index (χ0v) is 19.3. The van der Waals surface area contributed by atoms with Gasteiger partial charge in [0.15, 0.2) is 5.16 Å². The van der Waals surface area contributed by atoms with E-state index in [1.165, 1.54) is 23.1 Å². The number of hydrogen-bond acceptors (Lipinski definition) is 7. The predicted octanol–water partition coefficient (Wildman–Crippen LogP) is 4.10. The average molecular weight is 462 g/mol. The highest BCUT2D eigenvalue weighted by Gasteiger charge is 2.26. The second-order valence-corrected chi connectivity index (χ2v) is 10.00. The van der Waals surface area contributed by atoms with Crippen LogP contribution in [0.2, 0.25) is 0 Å². The lowest BCUT2D eigenvalue weighted by Crippen LogP contribution is -2.48. The van der Waals surface area contributed by atoms with Crippen molar-refractivity contribution in [1.29, 1.82) is 0 Å². The monoisotopic (exact) mass is 461 g/mol. The van der Waals surface area contributed by atoms with Crippen LogP contribution in [0.25, 0.3) is 20.7 Å². The van der Waals surface area contributed by atoms with E-state index in [1.807, 2.05) is 41.6 Å². The number of hydrogen-bond donors (Lipinski definition) is 0. The van der Waals surface area contributed by atoms with Gasteiger partial charge in [-0.25, -0.2) is 4.98 Å². The fraction of sp³-hybridized carbons (Fsp3) is 0.381. The van der Waals surface area contributed by atoms with Crippen LogP contribution in [0.3, 0.4) is 0 Å². The Balaban J connectivity index is 1.62. The summed E-state index contributed by atoms with van der Waals surface area (Å²) in [6.07, 6.45) is 1.74. The molecule has 0 N–H and O–H groups in total. The third-order valence-electron chi connectivity index (χ3n) is 4.85. The number of thiophene rings is 2. The van der Waals surface area contributed by atoms with Crippen molar-refractivity contribution in [3.05, 3.63) is 45.9 Å². The molecule has 1 fully saturated rings. The molecular weight excluding hydrogens is 438 g/mol. The molecule has 2 unspecified atom stereocenters. The van der Waals surface area contributed by atoms with Gasteiger partial charge in [-0.2, -0.15) is 0 Å². The van der Waals surface area contributed by atoms with Crippen molar-refractivity contribution >= 4 is 50.6 Å². The molecule has 2 atom stereocenters. The molecule has 1 aliphatic heterocycles. The number of fused-ring (bicyclic) bond motifs is 1. The quantitative estimate of drug-likeness (QED) is 0.314. The van der Waals surface area contributed by atoms with Gasteiger partial charge in [-0.1, -0.05) is 23.9 Å². The minimum absolute atomic E-state index is 0.0258. The van der Waals surface area contributed by atoms with Crippen molar-refractivity contribution in [2.24, 2.45) is 0 Å². The number of thioether (sulfide) groups is 1. The normalized spacial score (nSPS) is 19.3. The summed E-state index contributed by atoms with van der Waals surface area (Å²) >= 11 is 4.37. The number of allylic oxidation sites excluding steroid dienone is 1. The molecule has 0 bridgehead atoms. The second kappa shape index (κ2) is 9.05. The van der Waals surface area contributed by atoms with E-state index in [1.54, 1.807) is 22.0 Å². The third kappa shape index (κ3) is 4.25. The molecule has 9 heteroatoms. The highest BCUT2D eigenvalue weighted by molar-refractivity contribution is 7.99. The van der Waals surface area contributed by atoms with Gasteiger partial charge in [0.25, 0.3) is 5.56 Å². The van der Waals surface area contributed by atoms with E-state index in [4.69, 9.17) is 9.72 Å². The molecule has 158 valence electrons. The van der Waals surface area contributed by atoms with Crippen molar-refractivity contribution in [1.82, 2.24) is 14.5 Å². The number of ether oxygens (including phenoxy) is 1. The van der Waals surface area contributed by atoms with Gasteiger partial charge in [0.1, 0.15) is 4.83 Å². The van der Waals surface area contributed by atoms with Gasteiger partial charge in [-0.05, 0) is 25.3 Å². The van der Waals surface area contributed by atoms with Crippen molar-refractivity contribution in [3.63, 3.8) is 0 Å². The van der Waals surface area contributed by atoms with Gasteiger partial charge in [0.05, 0.1) is 23.3 Å². The average Bonchev–Trinajstić information content (AvgIpc) is 3.37. The fourth-order valence-corrected chi connectivity index (χ4v) is 6.33. The van der Waals surface area contributed by atoms with Gasteiger partial charge in [-0.15, -0.1) is 29.3 Å². The Kier molecular flexibility index (Phi) is 6.43. The Morgan fingerprint density at radius 2 is 2.13 bits per heavy atom. The van der Waals surface area contributed by atoms with Crippen molar-refractivity contribution in [2.45, 2.75) is 37.8 Å². The first-order valence-electron chi connectivity index (χ1n) is 9.70. The van der Waals surface area contributed by atoms with E-state index in [0.717, 1.165) is 10.4 Å². The van der Waals surface area contributed by atoms with Crippen molar-refractivity contribution in [2.75, 3.05) is 18.8 Å². The summed E-state index contributed by atoms with van der Waals surface area (Å²) in [5, 5.41) is 5.17. The topological polar surface area (TPSA) is 64.4 Å². The van der Waals surface area contributed by atoms with Crippen LogP contribution in [0.15, 0.2) is 45.5 Å². The standard InChI is InChI=1S/C21H23N3O3S3/c1-4-7-24-20(26)18-15(16-6-5-8-28-16)11-29-19(18)22-21(24)30-12-17(25)23-9-13(2)27-14(3)10-23/h4-6,8,11,13-14H,1,7,9-10,12H2,2-3H3. The Labute approximate surface area is 187 Å². The zero-order valence-electron chi connectivity index (χ0n) is 16.9. The van der Waals surface area contributed by atoms with Crippen LogP contribution in [0.4, 0.5) is 0 Å². The fourth-order valence-electron chi connectivity index (χ4n) is 3.62. The highest BCUT2D eigenvalue weighted by atomic mass is 32.2. The van der Waals surface area contributed by atoms with E-state index in [9.17, 15) is 9.59 Å². The summed E-state index contributed by atoms with van der Waals surface area (Å²) in [4.78, 5) is 34.4.